The van der Waals surface area contributed by atoms with Crippen LogP contribution in [0.15, 0.2) is 24.3 Å². The molecule has 4 atom stereocenters. The van der Waals surface area contributed by atoms with Crippen molar-refractivity contribution in [2.24, 2.45) is 11.8 Å². The molecule has 0 saturated carbocycles. The molecule has 0 radical (unpaired) electrons. The molecule has 1 aromatic carbocycles. The van der Waals surface area contributed by atoms with Crippen LogP contribution < -0.4 is 16.0 Å². The molecule has 3 rings (SSSR count). The highest BCUT2D eigenvalue weighted by molar-refractivity contribution is 6.30. The lowest BCUT2D eigenvalue weighted by atomic mass is 9.88. The number of methoxy groups -OCH3 is 1. The van der Waals surface area contributed by atoms with Crippen LogP contribution in [0.3, 0.4) is 0 Å². The number of amides is 3. The molecule has 2 aliphatic heterocycles. The van der Waals surface area contributed by atoms with Crippen LogP contribution in [0.4, 0.5) is 9.59 Å². The number of nitrogens with one attached hydrogen (secondary N) is 3. The van der Waals surface area contributed by atoms with Crippen LogP contribution in [0.2, 0.25) is 5.02 Å². The third kappa shape index (κ3) is 10.5. The fourth-order valence-corrected chi connectivity index (χ4v) is 5.26. The zero-order valence-electron chi connectivity index (χ0n) is 21.9. The van der Waals surface area contributed by atoms with E-state index in [1.54, 1.807) is 0 Å². The second-order valence-corrected chi connectivity index (χ2v) is 10.0. The molecule has 2 heterocycles. The molecule has 2 aliphatic rings. The summed E-state index contributed by atoms with van der Waals surface area (Å²) in [6.07, 6.45) is 4.38. The Bertz CT molecular complexity index is 828. The Labute approximate surface area is 231 Å². The van der Waals surface area contributed by atoms with Crippen LogP contribution in [0, 0.1) is 11.8 Å². The van der Waals surface area contributed by atoms with Gasteiger partial charge < -0.3 is 35.1 Å². The first-order chi connectivity index (χ1) is 17.5. The van der Waals surface area contributed by atoms with Gasteiger partial charge in [-0.05, 0) is 62.8 Å². The highest BCUT2D eigenvalue weighted by Crippen LogP contribution is 2.34. The number of ether oxygens (including phenoxy) is 3. The van der Waals surface area contributed by atoms with Gasteiger partial charge in [-0.1, -0.05) is 23.7 Å². The fraction of sp³-hybridized carbons (Fsp3) is 0.692. The summed E-state index contributed by atoms with van der Waals surface area (Å²) in [6, 6.07) is 7.81. The van der Waals surface area contributed by atoms with Gasteiger partial charge in [-0.3, -0.25) is 0 Å². The molecule has 0 aliphatic carbocycles. The van der Waals surface area contributed by atoms with E-state index in [1.165, 1.54) is 13.5 Å². The number of hydrogen-bond acceptors (Lipinski definition) is 6. The zero-order chi connectivity index (χ0) is 25.8. The summed E-state index contributed by atoms with van der Waals surface area (Å²) < 4.78 is 16.5. The van der Waals surface area contributed by atoms with Gasteiger partial charge in [0.25, 0.3) is 0 Å². The van der Waals surface area contributed by atoms with Crippen LogP contribution in [-0.4, -0.2) is 83.2 Å². The van der Waals surface area contributed by atoms with Gasteiger partial charge in [0.15, 0.2) is 0 Å². The van der Waals surface area contributed by atoms with Crippen molar-refractivity contribution in [1.82, 2.24) is 20.9 Å². The van der Waals surface area contributed by atoms with Gasteiger partial charge in [0.2, 0.25) is 0 Å². The van der Waals surface area contributed by atoms with E-state index in [4.69, 9.17) is 21.1 Å². The fourth-order valence-electron chi connectivity index (χ4n) is 5.06. The standard InChI is InChI=1S/C26H41ClN4O5.ClH/c1-28-23(14-19-6-5-12-35-18-19)16-30-25(32)31-11-4-8-21(17-31)24(20-7-3-9-22(27)15-20)36-13-10-29-26(33)34-2;/h3,7,9,15,19,21,23-24,28H,4-6,8,10-14,16-18H2,1-2H3,(H,29,33)(H,30,32);1H/t19-,21?,23-,24?;/m1./s1. The van der Waals surface area contributed by atoms with Gasteiger partial charge in [-0.2, -0.15) is 0 Å². The molecule has 1 aromatic rings. The Morgan fingerprint density at radius 2 is 2.08 bits per heavy atom. The Kier molecular flexibility index (Phi) is 14.4. The number of carbonyl (C=O) groups is 2. The number of hydrogen-bond donors (Lipinski definition) is 3. The molecule has 11 heteroatoms. The number of carbonyl (C=O) groups excluding carboxylic acids is 2. The molecular weight excluding hydrogens is 519 g/mol. The number of piperidine rings is 1. The lowest BCUT2D eigenvalue weighted by molar-refractivity contribution is -0.00851. The molecule has 3 amide bonds. The third-order valence-corrected chi connectivity index (χ3v) is 7.22. The quantitative estimate of drug-likeness (QED) is 0.353. The van der Waals surface area contributed by atoms with Gasteiger partial charge in [-0.15, -0.1) is 12.4 Å². The maximum absolute atomic E-state index is 13.1. The number of alkyl carbamates (subject to hydrolysis) is 1. The molecule has 2 unspecified atom stereocenters. The molecular formula is C26H42Cl2N4O5. The van der Waals surface area contributed by atoms with Crippen LogP contribution in [-0.2, 0) is 14.2 Å². The van der Waals surface area contributed by atoms with Crippen molar-refractivity contribution in [3.05, 3.63) is 34.9 Å². The number of likely N-dealkylation sites (tertiary alicyclic amines) is 1. The van der Waals surface area contributed by atoms with E-state index in [9.17, 15) is 9.59 Å². The SMILES string of the molecule is CN[C@@H](CNC(=O)N1CCCC(C(OCCNC(=O)OC)c2cccc(Cl)c2)C1)C[C@H]1CCCOC1.Cl. The third-order valence-electron chi connectivity index (χ3n) is 6.99. The monoisotopic (exact) mass is 560 g/mol. The smallest absolute Gasteiger partial charge is 0.406 e. The number of likely N-dealkylation sites (N-methyl/N-ethyl adjacent to an activating group) is 1. The van der Waals surface area contributed by atoms with Crippen LogP contribution in [0.1, 0.15) is 43.8 Å². The Balaban J connectivity index is 0.00000481. The molecule has 2 saturated heterocycles. The molecule has 0 aromatic heterocycles. The number of halogens is 2. The number of urea groups is 1. The molecule has 9 nitrogen and oxygen atoms in total. The minimum Gasteiger partial charge on any atom is -0.453 e. The van der Waals surface area contributed by atoms with E-state index < -0.39 is 6.09 Å². The molecule has 0 bridgehead atoms. The Hall–Kier alpha value is -1.78. The predicted molar refractivity (Wildman–Crippen MR) is 147 cm³/mol. The maximum Gasteiger partial charge on any atom is 0.406 e. The van der Waals surface area contributed by atoms with Crippen LogP contribution in [0.25, 0.3) is 0 Å². The van der Waals surface area contributed by atoms with Gasteiger partial charge >= 0.3 is 12.1 Å². The zero-order valence-corrected chi connectivity index (χ0v) is 23.5. The number of rotatable bonds is 11. The minimum atomic E-state index is -0.491. The van der Waals surface area contributed by atoms with Gasteiger partial charge in [0, 0.05) is 56.4 Å². The van der Waals surface area contributed by atoms with Crippen molar-refractivity contribution in [2.75, 3.05) is 60.2 Å². The molecule has 0 spiro atoms. The summed E-state index contributed by atoms with van der Waals surface area (Å²) in [6.45, 7) is 4.21. The van der Waals surface area contributed by atoms with E-state index in [-0.39, 0.29) is 36.5 Å². The molecule has 2 fully saturated rings. The van der Waals surface area contributed by atoms with Crippen molar-refractivity contribution in [1.29, 1.82) is 0 Å². The van der Waals surface area contributed by atoms with E-state index in [1.807, 2.05) is 36.2 Å². The van der Waals surface area contributed by atoms with E-state index in [0.29, 0.717) is 37.2 Å². The highest BCUT2D eigenvalue weighted by atomic mass is 35.5. The second kappa shape index (κ2) is 16.9. The average molecular weight is 562 g/mol. The van der Waals surface area contributed by atoms with Crippen molar-refractivity contribution < 1.29 is 23.8 Å². The van der Waals surface area contributed by atoms with Crippen LogP contribution >= 0.6 is 24.0 Å². The van der Waals surface area contributed by atoms with Crippen molar-refractivity contribution in [2.45, 2.75) is 44.2 Å². The predicted octanol–water partition coefficient (Wildman–Crippen LogP) is 4.00. The molecule has 37 heavy (non-hydrogen) atoms. The normalized spacial score (nSPS) is 21.3. The van der Waals surface area contributed by atoms with Gasteiger partial charge in [0.1, 0.15) is 0 Å². The summed E-state index contributed by atoms with van der Waals surface area (Å²) >= 11 is 6.27. The summed E-state index contributed by atoms with van der Waals surface area (Å²) in [4.78, 5) is 26.3. The molecule has 3 N–H and O–H groups in total. The topological polar surface area (TPSA) is 101 Å². The molecule has 210 valence electrons. The number of benzene rings is 1. The summed E-state index contributed by atoms with van der Waals surface area (Å²) in [5.41, 5.74) is 0.970. The van der Waals surface area contributed by atoms with Crippen molar-refractivity contribution >= 4 is 36.1 Å². The minimum absolute atomic E-state index is 0. The Morgan fingerprint density at radius 1 is 1.24 bits per heavy atom. The van der Waals surface area contributed by atoms with Crippen molar-refractivity contribution in [3.63, 3.8) is 0 Å². The van der Waals surface area contributed by atoms with Gasteiger partial charge in [0.05, 0.1) is 19.8 Å². The summed E-state index contributed by atoms with van der Waals surface area (Å²) in [5.74, 6) is 0.650. The average Bonchev–Trinajstić information content (AvgIpc) is 2.91. The first-order valence-corrected chi connectivity index (χ1v) is 13.3. The first-order valence-electron chi connectivity index (χ1n) is 13.0. The lowest BCUT2D eigenvalue weighted by Gasteiger charge is -2.37. The first kappa shape index (κ1) is 31.4. The largest absolute Gasteiger partial charge is 0.453 e. The van der Waals surface area contributed by atoms with Gasteiger partial charge in [-0.25, -0.2) is 9.59 Å². The lowest BCUT2D eigenvalue weighted by Crippen LogP contribution is -2.50. The van der Waals surface area contributed by atoms with E-state index in [0.717, 1.165) is 51.0 Å². The van der Waals surface area contributed by atoms with E-state index >= 15 is 0 Å². The maximum atomic E-state index is 13.1. The van der Waals surface area contributed by atoms with Crippen molar-refractivity contribution in [3.8, 4) is 0 Å². The summed E-state index contributed by atoms with van der Waals surface area (Å²) in [7, 11) is 3.27. The summed E-state index contributed by atoms with van der Waals surface area (Å²) in [5, 5.41) is 9.76. The highest BCUT2D eigenvalue weighted by Gasteiger charge is 2.31. The second-order valence-electron chi connectivity index (χ2n) is 9.60. The van der Waals surface area contributed by atoms with E-state index in [2.05, 4.69) is 20.7 Å². The van der Waals surface area contributed by atoms with Crippen LogP contribution in [0.5, 0.6) is 0 Å². The number of nitrogens with zero attached hydrogens (tertiary/aromatic N) is 1. The Morgan fingerprint density at radius 3 is 2.78 bits per heavy atom.